The maximum Gasteiger partial charge on any atom is 0.328 e. The van der Waals surface area contributed by atoms with Gasteiger partial charge >= 0.3 is 5.69 Å². The SMILES string of the molecule is Cc1cc(=O)n(CCN(C)Cc2noc(C)n2)c(=O)[nH]1. The van der Waals surface area contributed by atoms with Gasteiger partial charge in [0.2, 0.25) is 5.89 Å². The smallest absolute Gasteiger partial charge is 0.328 e. The third kappa shape index (κ3) is 3.41. The van der Waals surface area contributed by atoms with E-state index in [1.807, 2.05) is 11.9 Å². The Morgan fingerprint density at radius 3 is 2.75 bits per heavy atom. The molecule has 0 radical (unpaired) electrons. The first-order valence-electron chi connectivity index (χ1n) is 6.24. The fourth-order valence-corrected chi connectivity index (χ4v) is 1.84. The standard InChI is InChI=1S/C12H17N5O3/c1-8-6-11(18)17(12(19)13-8)5-4-16(3)7-10-14-9(2)20-15-10/h6H,4-5,7H2,1-3H3,(H,13,19). The molecule has 0 fully saturated rings. The summed E-state index contributed by atoms with van der Waals surface area (Å²) < 4.78 is 6.05. The van der Waals surface area contributed by atoms with Crippen molar-refractivity contribution >= 4 is 0 Å². The van der Waals surface area contributed by atoms with Crippen molar-refractivity contribution in [3.8, 4) is 0 Å². The van der Waals surface area contributed by atoms with Crippen molar-refractivity contribution < 1.29 is 4.52 Å². The summed E-state index contributed by atoms with van der Waals surface area (Å²) in [6, 6.07) is 1.41. The zero-order chi connectivity index (χ0) is 14.7. The fraction of sp³-hybridized carbons (Fsp3) is 0.500. The van der Waals surface area contributed by atoms with Gasteiger partial charge in [0, 0.05) is 31.8 Å². The number of rotatable bonds is 5. The molecule has 8 heteroatoms. The molecule has 108 valence electrons. The van der Waals surface area contributed by atoms with Gasteiger partial charge in [0.1, 0.15) is 0 Å². The van der Waals surface area contributed by atoms with Gasteiger partial charge in [0.15, 0.2) is 5.82 Å². The maximum atomic E-state index is 11.7. The van der Waals surface area contributed by atoms with Crippen LogP contribution in [0.1, 0.15) is 17.4 Å². The summed E-state index contributed by atoms with van der Waals surface area (Å²) in [5, 5.41) is 3.79. The molecule has 8 nitrogen and oxygen atoms in total. The van der Waals surface area contributed by atoms with Gasteiger partial charge in [-0.1, -0.05) is 5.16 Å². The van der Waals surface area contributed by atoms with Crippen molar-refractivity contribution in [1.82, 2.24) is 24.6 Å². The van der Waals surface area contributed by atoms with Gasteiger partial charge < -0.3 is 9.51 Å². The number of nitrogens with one attached hydrogen (secondary N) is 1. The van der Waals surface area contributed by atoms with Crippen molar-refractivity contribution in [2.24, 2.45) is 0 Å². The summed E-state index contributed by atoms with van der Waals surface area (Å²) in [6.07, 6.45) is 0. The van der Waals surface area contributed by atoms with Crippen LogP contribution in [0.15, 0.2) is 20.2 Å². The van der Waals surface area contributed by atoms with Gasteiger partial charge in [-0.25, -0.2) is 4.79 Å². The second-order valence-electron chi connectivity index (χ2n) is 4.71. The summed E-state index contributed by atoms with van der Waals surface area (Å²) in [5.74, 6) is 1.09. The normalized spacial score (nSPS) is 11.2. The Labute approximate surface area is 115 Å². The van der Waals surface area contributed by atoms with Crippen LogP contribution in [0.4, 0.5) is 0 Å². The number of aromatic amines is 1. The van der Waals surface area contributed by atoms with Crippen LogP contribution in [0.5, 0.6) is 0 Å². The van der Waals surface area contributed by atoms with E-state index in [2.05, 4.69) is 15.1 Å². The molecule has 0 spiro atoms. The van der Waals surface area contributed by atoms with Crippen molar-refractivity contribution in [2.75, 3.05) is 13.6 Å². The van der Waals surface area contributed by atoms with Crippen LogP contribution in [-0.2, 0) is 13.1 Å². The van der Waals surface area contributed by atoms with E-state index in [9.17, 15) is 9.59 Å². The van der Waals surface area contributed by atoms with E-state index in [1.165, 1.54) is 10.6 Å². The number of aromatic nitrogens is 4. The zero-order valence-corrected chi connectivity index (χ0v) is 11.7. The van der Waals surface area contributed by atoms with Crippen molar-refractivity contribution in [2.45, 2.75) is 26.9 Å². The van der Waals surface area contributed by atoms with E-state index in [-0.39, 0.29) is 11.2 Å². The second-order valence-corrected chi connectivity index (χ2v) is 4.71. The number of hydrogen-bond acceptors (Lipinski definition) is 6. The topological polar surface area (TPSA) is 97.0 Å². The Balaban J connectivity index is 1.98. The molecular weight excluding hydrogens is 262 g/mol. The van der Waals surface area contributed by atoms with Gasteiger partial charge in [0.05, 0.1) is 6.54 Å². The predicted octanol–water partition coefficient (Wildman–Crippen LogP) is -0.332. The van der Waals surface area contributed by atoms with Crippen LogP contribution >= 0.6 is 0 Å². The molecule has 2 aromatic heterocycles. The molecule has 0 unspecified atom stereocenters. The Morgan fingerprint density at radius 2 is 2.15 bits per heavy atom. The summed E-state index contributed by atoms with van der Waals surface area (Å²) in [6.45, 7) is 4.73. The molecule has 0 saturated carbocycles. The Bertz CT molecular complexity index is 668. The average molecular weight is 279 g/mol. The van der Waals surface area contributed by atoms with Crippen LogP contribution in [0.3, 0.4) is 0 Å². The number of aryl methyl sites for hydroxylation is 2. The molecule has 2 rings (SSSR count). The van der Waals surface area contributed by atoms with Crippen LogP contribution in [0, 0.1) is 13.8 Å². The summed E-state index contributed by atoms with van der Waals surface area (Å²) in [4.78, 5) is 32.0. The van der Waals surface area contributed by atoms with Crippen molar-refractivity contribution in [1.29, 1.82) is 0 Å². The molecule has 0 aliphatic rings. The highest BCUT2D eigenvalue weighted by Gasteiger charge is 2.08. The lowest BCUT2D eigenvalue weighted by Gasteiger charge is -2.14. The molecule has 0 saturated heterocycles. The quantitative estimate of drug-likeness (QED) is 0.805. The van der Waals surface area contributed by atoms with E-state index >= 15 is 0 Å². The molecular formula is C12H17N5O3. The third-order valence-corrected chi connectivity index (χ3v) is 2.84. The van der Waals surface area contributed by atoms with Crippen LogP contribution in [0.2, 0.25) is 0 Å². The lowest BCUT2D eigenvalue weighted by atomic mass is 10.4. The first-order valence-corrected chi connectivity index (χ1v) is 6.24. The van der Waals surface area contributed by atoms with E-state index in [4.69, 9.17) is 4.52 Å². The molecule has 2 aromatic rings. The molecule has 0 atom stereocenters. The van der Waals surface area contributed by atoms with E-state index < -0.39 is 0 Å². The van der Waals surface area contributed by atoms with Crippen molar-refractivity contribution in [3.05, 3.63) is 44.3 Å². The van der Waals surface area contributed by atoms with Gasteiger partial charge in [-0.05, 0) is 14.0 Å². The highest BCUT2D eigenvalue weighted by Crippen LogP contribution is 1.98. The molecule has 0 aliphatic heterocycles. The van der Waals surface area contributed by atoms with Gasteiger partial charge in [-0.15, -0.1) is 0 Å². The van der Waals surface area contributed by atoms with E-state index in [1.54, 1.807) is 13.8 Å². The second kappa shape index (κ2) is 5.83. The number of hydrogen-bond donors (Lipinski definition) is 1. The van der Waals surface area contributed by atoms with Crippen molar-refractivity contribution in [3.63, 3.8) is 0 Å². The minimum atomic E-state index is -0.390. The van der Waals surface area contributed by atoms with Gasteiger partial charge in [-0.3, -0.25) is 14.3 Å². The predicted molar refractivity (Wildman–Crippen MR) is 71.4 cm³/mol. The summed E-state index contributed by atoms with van der Waals surface area (Å²) in [7, 11) is 1.86. The lowest BCUT2D eigenvalue weighted by molar-refractivity contribution is 0.292. The zero-order valence-electron chi connectivity index (χ0n) is 11.7. The number of H-pyrrole nitrogens is 1. The van der Waals surface area contributed by atoms with E-state index in [0.29, 0.717) is 37.0 Å². The van der Waals surface area contributed by atoms with E-state index in [0.717, 1.165) is 0 Å². The lowest BCUT2D eigenvalue weighted by Crippen LogP contribution is -2.38. The highest BCUT2D eigenvalue weighted by atomic mass is 16.5. The van der Waals surface area contributed by atoms with Crippen LogP contribution in [0.25, 0.3) is 0 Å². The number of nitrogens with zero attached hydrogens (tertiary/aromatic N) is 4. The van der Waals surface area contributed by atoms with Gasteiger partial charge in [-0.2, -0.15) is 4.98 Å². The minimum absolute atomic E-state index is 0.296. The first kappa shape index (κ1) is 14.2. The molecule has 1 N–H and O–H groups in total. The Kier molecular flexibility index (Phi) is 4.14. The van der Waals surface area contributed by atoms with Crippen LogP contribution in [-0.4, -0.2) is 38.2 Å². The monoisotopic (exact) mass is 279 g/mol. The Hall–Kier alpha value is -2.22. The average Bonchev–Trinajstić information content (AvgIpc) is 2.73. The summed E-state index contributed by atoms with van der Waals surface area (Å²) >= 11 is 0. The fourth-order valence-electron chi connectivity index (χ4n) is 1.84. The third-order valence-electron chi connectivity index (χ3n) is 2.84. The molecule has 0 bridgehead atoms. The molecule has 0 aliphatic carbocycles. The first-order chi connectivity index (χ1) is 9.45. The minimum Gasteiger partial charge on any atom is -0.340 e. The molecule has 0 amide bonds. The van der Waals surface area contributed by atoms with Crippen LogP contribution < -0.4 is 11.2 Å². The largest absolute Gasteiger partial charge is 0.340 e. The molecule has 0 aromatic carbocycles. The molecule has 20 heavy (non-hydrogen) atoms. The number of likely N-dealkylation sites (N-methyl/N-ethyl adjacent to an activating group) is 1. The molecule has 2 heterocycles. The summed E-state index contributed by atoms with van der Waals surface area (Å²) in [5.41, 5.74) is -0.124. The maximum absolute atomic E-state index is 11.7. The highest BCUT2D eigenvalue weighted by molar-refractivity contribution is 4.96. The Morgan fingerprint density at radius 1 is 1.40 bits per heavy atom. The van der Waals surface area contributed by atoms with Gasteiger partial charge in [0.25, 0.3) is 5.56 Å².